The van der Waals surface area contributed by atoms with E-state index in [1.54, 1.807) is 0 Å². The molecule has 2 atom stereocenters. The average Bonchev–Trinajstić information content (AvgIpc) is 2.88. The Balaban J connectivity index is 1.86. The van der Waals surface area contributed by atoms with Crippen LogP contribution in [0, 0.1) is 6.92 Å². The Morgan fingerprint density at radius 1 is 1.35 bits per heavy atom. The van der Waals surface area contributed by atoms with E-state index in [9.17, 15) is 0 Å². The van der Waals surface area contributed by atoms with E-state index in [-0.39, 0.29) is 0 Å². The van der Waals surface area contributed by atoms with Gasteiger partial charge in [0.05, 0.1) is 0 Å². The maximum atomic E-state index is 4.36. The second-order valence-corrected chi connectivity index (χ2v) is 6.58. The molecule has 2 unspecified atom stereocenters. The van der Waals surface area contributed by atoms with Gasteiger partial charge in [0.1, 0.15) is 0 Å². The SMILES string of the molecule is CCNC(c1cncc(C)c1)C1Cc2ccccc2S1. The van der Waals surface area contributed by atoms with Gasteiger partial charge in [-0.2, -0.15) is 0 Å². The van der Waals surface area contributed by atoms with Gasteiger partial charge in [-0.3, -0.25) is 4.98 Å². The zero-order valence-electron chi connectivity index (χ0n) is 12.0. The topological polar surface area (TPSA) is 24.9 Å². The molecule has 1 aromatic heterocycles. The molecule has 0 saturated carbocycles. The van der Waals surface area contributed by atoms with Gasteiger partial charge in [0, 0.05) is 28.6 Å². The summed E-state index contributed by atoms with van der Waals surface area (Å²) in [6.07, 6.45) is 5.05. The van der Waals surface area contributed by atoms with Crippen molar-refractivity contribution >= 4 is 11.8 Å². The molecule has 0 fully saturated rings. The largest absolute Gasteiger partial charge is 0.309 e. The Labute approximate surface area is 125 Å². The number of hydrogen-bond donors (Lipinski definition) is 1. The molecule has 0 amide bonds. The van der Waals surface area contributed by atoms with Crippen LogP contribution in [0.1, 0.15) is 29.7 Å². The molecule has 1 N–H and O–H groups in total. The van der Waals surface area contributed by atoms with Crippen LogP contribution in [0.2, 0.25) is 0 Å². The maximum Gasteiger partial charge on any atom is 0.0462 e. The molecule has 2 heterocycles. The highest BCUT2D eigenvalue weighted by molar-refractivity contribution is 8.00. The summed E-state index contributed by atoms with van der Waals surface area (Å²) in [5.74, 6) is 0. The van der Waals surface area contributed by atoms with Crippen LogP contribution in [0.5, 0.6) is 0 Å². The zero-order valence-corrected chi connectivity index (χ0v) is 12.8. The summed E-state index contributed by atoms with van der Waals surface area (Å²) in [7, 11) is 0. The van der Waals surface area contributed by atoms with Gasteiger partial charge in [0.25, 0.3) is 0 Å². The van der Waals surface area contributed by atoms with Crippen molar-refractivity contribution in [1.29, 1.82) is 0 Å². The molecule has 0 radical (unpaired) electrons. The fourth-order valence-electron chi connectivity index (χ4n) is 2.83. The van der Waals surface area contributed by atoms with Crippen LogP contribution in [0.25, 0.3) is 0 Å². The highest BCUT2D eigenvalue weighted by Crippen LogP contribution is 2.42. The van der Waals surface area contributed by atoms with E-state index < -0.39 is 0 Å². The first kappa shape index (κ1) is 13.7. The lowest BCUT2D eigenvalue weighted by molar-refractivity contribution is 0.530. The number of aryl methyl sites for hydroxylation is 1. The van der Waals surface area contributed by atoms with Crippen molar-refractivity contribution in [3.8, 4) is 0 Å². The number of rotatable bonds is 4. The van der Waals surface area contributed by atoms with Crippen molar-refractivity contribution in [3.63, 3.8) is 0 Å². The number of nitrogens with one attached hydrogen (secondary N) is 1. The van der Waals surface area contributed by atoms with Gasteiger partial charge in [0.15, 0.2) is 0 Å². The molecular formula is C17H20N2S. The molecule has 2 nitrogen and oxygen atoms in total. The normalized spacial score (nSPS) is 18.8. The van der Waals surface area contributed by atoms with Gasteiger partial charge in [-0.15, -0.1) is 11.8 Å². The van der Waals surface area contributed by atoms with Gasteiger partial charge < -0.3 is 5.32 Å². The summed E-state index contributed by atoms with van der Waals surface area (Å²) in [4.78, 5) is 5.79. The van der Waals surface area contributed by atoms with E-state index in [4.69, 9.17) is 0 Å². The Morgan fingerprint density at radius 2 is 2.20 bits per heavy atom. The van der Waals surface area contributed by atoms with Gasteiger partial charge >= 0.3 is 0 Å². The van der Waals surface area contributed by atoms with Crippen molar-refractivity contribution < 1.29 is 0 Å². The highest BCUT2D eigenvalue weighted by atomic mass is 32.2. The zero-order chi connectivity index (χ0) is 13.9. The Bertz CT molecular complexity index is 572. The van der Waals surface area contributed by atoms with Crippen molar-refractivity contribution in [1.82, 2.24) is 10.3 Å². The highest BCUT2D eigenvalue weighted by Gasteiger charge is 2.30. The third kappa shape index (κ3) is 2.74. The molecule has 2 aromatic rings. The standard InChI is InChI=1S/C17H20N2S/c1-3-19-17(14-8-12(2)10-18-11-14)16-9-13-6-4-5-7-15(13)20-16/h4-8,10-11,16-17,19H,3,9H2,1-2H3. The number of fused-ring (bicyclic) bond motifs is 1. The molecular weight excluding hydrogens is 264 g/mol. The molecule has 0 aliphatic carbocycles. The summed E-state index contributed by atoms with van der Waals surface area (Å²) < 4.78 is 0. The third-order valence-electron chi connectivity index (χ3n) is 3.72. The van der Waals surface area contributed by atoms with Crippen molar-refractivity contribution in [2.45, 2.75) is 36.5 Å². The predicted molar refractivity (Wildman–Crippen MR) is 85.2 cm³/mol. The van der Waals surface area contributed by atoms with E-state index in [1.165, 1.54) is 21.6 Å². The van der Waals surface area contributed by atoms with Crippen LogP contribution >= 0.6 is 11.8 Å². The summed E-state index contributed by atoms with van der Waals surface area (Å²) >= 11 is 1.99. The van der Waals surface area contributed by atoms with Gasteiger partial charge in [-0.05, 0) is 42.6 Å². The van der Waals surface area contributed by atoms with Crippen molar-refractivity contribution in [2.24, 2.45) is 0 Å². The molecule has 3 rings (SSSR count). The number of benzene rings is 1. The number of aromatic nitrogens is 1. The molecule has 3 heteroatoms. The lowest BCUT2D eigenvalue weighted by Crippen LogP contribution is -2.30. The lowest BCUT2D eigenvalue weighted by Gasteiger charge is -2.24. The first-order valence-corrected chi connectivity index (χ1v) is 8.05. The second-order valence-electron chi connectivity index (χ2n) is 5.30. The maximum absolute atomic E-state index is 4.36. The van der Waals surface area contributed by atoms with Crippen LogP contribution in [0.3, 0.4) is 0 Å². The molecule has 1 aromatic carbocycles. The fraction of sp³-hybridized carbons (Fsp3) is 0.353. The molecule has 0 spiro atoms. The van der Waals surface area contributed by atoms with Gasteiger partial charge in [0.2, 0.25) is 0 Å². The summed E-state index contributed by atoms with van der Waals surface area (Å²) in [6.45, 7) is 5.26. The number of hydrogen-bond acceptors (Lipinski definition) is 3. The van der Waals surface area contributed by atoms with Gasteiger partial charge in [-0.1, -0.05) is 31.2 Å². The van der Waals surface area contributed by atoms with E-state index >= 15 is 0 Å². The Morgan fingerprint density at radius 3 is 2.95 bits per heavy atom. The van der Waals surface area contributed by atoms with Crippen LogP contribution in [0.15, 0.2) is 47.6 Å². The molecule has 0 bridgehead atoms. The van der Waals surface area contributed by atoms with Crippen molar-refractivity contribution in [3.05, 3.63) is 59.4 Å². The Hall–Kier alpha value is -1.32. The van der Waals surface area contributed by atoms with Crippen LogP contribution < -0.4 is 5.32 Å². The fourth-order valence-corrected chi connectivity index (χ4v) is 4.27. The van der Waals surface area contributed by atoms with Crippen LogP contribution in [-0.4, -0.2) is 16.8 Å². The second kappa shape index (κ2) is 5.98. The van der Waals surface area contributed by atoms with Crippen LogP contribution in [0.4, 0.5) is 0 Å². The minimum absolute atomic E-state index is 0.366. The van der Waals surface area contributed by atoms with Crippen molar-refractivity contribution in [2.75, 3.05) is 6.54 Å². The monoisotopic (exact) mass is 284 g/mol. The first-order chi connectivity index (χ1) is 9.78. The molecule has 20 heavy (non-hydrogen) atoms. The summed E-state index contributed by atoms with van der Waals surface area (Å²) in [5.41, 5.74) is 4.01. The minimum Gasteiger partial charge on any atom is -0.309 e. The number of thioether (sulfide) groups is 1. The first-order valence-electron chi connectivity index (χ1n) is 7.17. The van der Waals surface area contributed by atoms with E-state index in [1.807, 2.05) is 24.2 Å². The van der Waals surface area contributed by atoms with Gasteiger partial charge in [-0.25, -0.2) is 0 Å². The van der Waals surface area contributed by atoms with E-state index in [0.717, 1.165) is 13.0 Å². The number of pyridine rings is 1. The smallest absolute Gasteiger partial charge is 0.0462 e. The van der Waals surface area contributed by atoms with E-state index in [2.05, 4.69) is 54.5 Å². The van der Waals surface area contributed by atoms with E-state index in [0.29, 0.717) is 11.3 Å². The molecule has 1 aliphatic heterocycles. The quantitative estimate of drug-likeness (QED) is 0.925. The minimum atomic E-state index is 0.366. The third-order valence-corrected chi connectivity index (χ3v) is 5.12. The average molecular weight is 284 g/mol. The molecule has 104 valence electrons. The number of nitrogens with zero attached hydrogens (tertiary/aromatic N) is 1. The molecule has 1 aliphatic rings. The predicted octanol–water partition coefficient (Wildman–Crippen LogP) is 3.76. The Kier molecular flexibility index (Phi) is 4.08. The summed E-state index contributed by atoms with van der Waals surface area (Å²) in [6, 6.07) is 11.4. The lowest BCUT2D eigenvalue weighted by atomic mass is 9.99. The molecule has 0 saturated heterocycles. The van der Waals surface area contributed by atoms with Crippen LogP contribution in [-0.2, 0) is 6.42 Å². The summed E-state index contributed by atoms with van der Waals surface area (Å²) in [5, 5.41) is 4.19.